The Bertz CT molecular complexity index is 806. The Balaban J connectivity index is 1.94. The van der Waals surface area contributed by atoms with E-state index < -0.39 is 0 Å². The van der Waals surface area contributed by atoms with Crippen molar-refractivity contribution in [3.63, 3.8) is 0 Å². The number of hydrogen-bond donors (Lipinski definition) is 0. The van der Waals surface area contributed by atoms with Crippen molar-refractivity contribution in [3.05, 3.63) is 77.9 Å². The van der Waals surface area contributed by atoms with E-state index in [0.29, 0.717) is 0 Å². The van der Waals surface area contributed by atoms with Crippen molar-refractivity contribution >= 4 is 10.8 Å². The van der Waals surface area contributed by atoms with Crippen molar-refractivity contribution in [2.75, 3.05) is 7.11 Å². The second-order valence-corrected chi connectivity index (χ2v) is 4.54. The maximum atomic E-state index is 5.20. The average molecular weight is 258 g/mol. The minimum atomic E-state index is 0.829. The van der Waals surface area contributed by atoms with Crippen LogP contribution in [0.1, 0.15) is 11.1 Å². The molecule has 0 aromatic heterocycles. The largest absolute Gasteiger partial charge is 0.497 e. The van der Waals surface area contributed by atoms with Gasteiger partial charge in [0, 0.05) is 11.1 Å². The maximum absolute atomic E-state index is 5.20. The summed E-state index contributed by atoms with van der Waals surface area (Å²) < 4.78 is 5.20. The Morgan fingerprint density at radius 2 is 1.45 bits per heavy atom. The summed E-state index contributed by atoms with van der Waals surface area (Å²) in [5.74, 6) is 7.20. The average Bonchev–Trinajstić information content (AvgIpc) is 2.53. The lowest BCUT2D eigenvalue weighted by molar-refractivity contribution is 0.414. The van der Waals surface area contributed by atoms with E-state index in [1.165, 1.54) is 10.8 Å². The second-order valence-electron chi connectivity index (χ2n) is 4.54. The van der Waals surface area contributed by atoms with E-state index in [1.54, 1.807) is 7.11 Å². The van der Waals surface area contributed by atoms with E-state index in [2.05, 4.69) is 42.2 Å². The van der Waals surface area contributed by atoms with Crippen LogP contribution < -0.4 is 4.74 Å². The van der Waals surface area contributed by atoms with Crippen molar-refractivity contribution in [2.45, 2.75) is 0 Å². The van der Waals surface area contributed by atoms with Gasteiger partial charge in [-0.3, -0.25) is 0 Å². The Morgan fingerprint density at radius 1 is 0.700 bits per heavy atom. The van der Waals surface area contributed by atoms with Gasteiger partial charge in [-0.05, 0) is 41.1 Å². The molecule has 3 aromatic carbocycles. The third-order valence-electron chi connectivity index (χ3n) is 3.17. The zero-order chi connectivity index (χ0) is 13.8. The van der Waals surface area contributed by atoms with Crippen LogP contribution in [0.15, 0.2) is 66.7 Å². The highest BCUT2D eigenvalue weighted by atomic mass is 16.5. The van der Waals surface area contributed by atoms with E-state index in [-0.39, 0.29) is 0 Å². The highest BCUT2D eigenvalue weighted by Crippen LogP contribution is 2.15. The molecule has 0 bridgehead atoms. The molecule has 0 aliphatic heterocycles. The number of hydrogen-bond acceptors (Lipinski definition) is 1. The Labute approximate surface area is 118 Å². The Kier molecular flexibility index (Phi) is 3.39. The van der Waals surface area contributed by atoms with Gasteiger partial charge >= 0.3 is 0 Å². The van der Waals surface area contributed by atoms with Crippen molar-refractivity contribution in [1.29, 1.82) is 0 Å². The summed E-state index contributed by atoms with van der Waals surface area (Å²) in [4.78, 5) is 0. The lowest BCUT2D eigenvalue weighted by Gasteiger charge is -1.99. The highest BCUT2D eigenvalue weighted by Gasteiger charge is 1.94. The molecule has 0 radical (unpaired) electrons. The predicted molar refractivity (Wildman–Crippen MR) is 82.9 cm³/mol. The van der Waals surface area contributed by atoms with Gasteiger partial charge in [0.25, 0.3) is 0 Å². The van der Waals surface area contributed by atoms with Gasteiger partial charge in [0.2, 0.25) is 0 Å². The molecule has 0 saturated heterocycles. The first kappa shape index (κ1) is 12.3. The van der Waals surface area contributed by atoms with Gasteiger partial charge in [0.1, 0.15) is 5.75 Å². The number of ether oxygens (including phenoxy) is 1. The Morgan fingerprint density at radius 3 is 2.25 bits per heavy atom. The summed E-state index contributed by atoms with van der Waals surface area (Å²) in [6.07, 6.45) is 0. The molecule has 0 aliphatic carbocycles. The summed E-state index contributed by atoms with van der Waals surface area (Å²) in [6, 6.07) is 22.4. The van der Waals surface area contributed by atoms with Gasteiger partial charge < -0.3 is 4.74 Å². The fourth-order valence-corrected chi connectivity index (χ4v) is 2.11. The molecule has 1 nitrogen and oxygen atoms in total. The van der Waals surface area contributed by atoms with Crippen molar-refractivity contribution in [1.82, 2.24) is 0 Å². The second kappa shape index (κ2) is 5.50. The van der Waals surface area contributed by atoms with Gasteiger partial charge in [-0.2, -0.15) is 0 Å². The van der Waals surface area contributed by atoms with Crippen LogP contribution in [0.25, 0.3) is 10.8 Å². The third kappa shape index (κ3) is 2.65. The monoisotopic (exact) mass is 258 g/mol. The van der Waals surface area contributed by atoms with E-state index in [4.69, 9.17) is 4.74 Å². The van der Waals surface area contributed by atoms with E-state index in [1.807, 2.05) is 36.4 Å². The van der Waals surface area contributed by atoms with Crippen LogP contribution in [0.4, 0.5) is 0 Å². The molecule has 20 heavy (non-hydrogen) atoms. The van der Waals surface area contributed by atoms with Crippen LogP contribution in [0, 0.1) is 11.8 Å². The summed E-state index contributed by atoms with van der Waals surface area (Å²) in [5, 5.41) is 2.45. The maximum Gasteiger partial charge on any atom is 0.120 e. The molecule has 0 N–H and O–H groups in total. The fraction of sp³-hybridized carbons (Fsp3) is 0.0526. The van der Waals surface area contributed by atoms with Gasteiger partial charge in [-0.25, -0.2) is 0 Å². The van der Waals surface area contributed by atoms with Crippen LogP contribution in [-0.2, 0) is 0 Å². The summed E-state index contributed by atoms with van der Waals surface area (Å²) in [6.45, 7) is 0. The summed E-state index contributed by atoms with van der Waals surface area (Å²) in [7, 11) is 1.66. The first-order chi connectivity index (χ1) is 9.85. The van der Waals surface area contributed by atoms with Crippen LogP contribution in [0.3, 0.4) is 0 Å². The van der Waals surface area contributed by atoms with Gasteiger partial charge in [0.05, 0.1) is 7.11 Å². The molecule has 3 aromatic rings. The highest BCUT2D eigenvalue weighted by molar-refractivity contribution is 5.83. The molecule has 0 aliphatic rings. The van der Waals surface area contributed by atoms with Crippen LogP contribution in [0.5, 0.6) is 5.75 Å². The van der Waals surface area contributed by atoms with E-state index >= 15 is 0 Å². The van der Waals surface area contributed by atoms with Crippen molar-refractivity contribution in [3.8, 4) is 17.6 Å². The number of fused-ring (bicyclic) bond motifs is 1. The quantitative estimate of drug-likeness (QED) is 0.593. The third-order valence-corrected chi connectivity index (χ3v) is 3.17. The zero-order valence-electron chi connectivity index (χ0n) is 11.3. The van der Waals surface area contributed by atoms with Crippen molar-refractivity contribution in [2.24, 2.45) is 0 Å². The first-order valence-electron chi connectivity index (χ1n) is 6.50. The number of benzene rings is 3. The number of methoxy groups -OCH3 is 1. The molecule has 0 saturated carbocycles. The molecule has 0 atom stereocenters. The first-order valence-corrected chi connectivity index (χ1v) is 6.50. The topological polar surface area (TPSA) is 9.23 Å². The number of rotatable bonds is 1. The van der Waals surface area contributed by atoms with Gasteiger partial charge in [-0.15, -0.1) is 0 Å². The van der Waals surface area contributed by atoms with E-state index in [9.17, 15) is 0 Å². The standard InChI is InChI=1S/C19H14O/c1-20-19-8-4-5-15(14-19)9-10-16-11-12-17-6-2-3-7-18(17)13-16/h2-8,11-14H,1H3. The molecule has 0 unspecified atom stereocenters. The SMILES string of the molecule is COc1cccc(C#Cc2ccc3ccccc3c2)c1. The molecule has 0 heterocycles. The lowest BCUT2D eigenvalue weighted by atomic mass is 10.1. The van der Waals surface area contributed by atoms with Gasteiger partial charge in [0.15, 0.2) is 0 Å². The fourth-order valence-electron chi connectivity index (χ4n) is 2.11. The van der Waals surface area contributed by atoms with Crippen molar-refractivity contribution < 1.29 is 4.74 Å². The molecule has 0 fully saturated rings. The molecule has 0 spiro atoms. The molecule has 3 rings (SSSR count). The van der Waals surface area contributed by atoms with Gasteiger partial charge in [-0.1, -0.05) is 48.2 Å². The van der Waals surface area contributed by atoms with Crippen LogP contribution >= 0.6 is 0 Å². The minimum absolute atomic E-state index is 0.829. The minimum Gasteiger partial charge on any atom is -0.497 e. The van der Waals surface area contributed by atoms with Crippen LogP contribution in [-0.4, -0.2) is 7.11 Å². The van der Waals surface area contributed by atoms with Crippen LogP contribution in [0.2, 0.25) is 0 Å². The smallest absolute Gasteiger partial charge is 0.120 e. The normalized spacial score (nSPS) is 9.85. The lowest BCUT2D eigenvalue weighted by Crippen LogP contribution is -1.83. The molecule has 1 heteroatoms. The molecule has 96 valence electrons. The summed E-state index contributed by atoms with van der Waals surface area (Å²) >= 11 is 0. The molecular weight excluding hydrogens is 244 g/mol. The zero-order valence-corrected chi connectivity index (χ0v) is 11.3. The summed E-state index contributed by atoms with van der Waals surface area (Å²) in [5.41, 5.74) is 1.98. The Hall–Kier alpha value is -2.72. The predicted octanol–water partition coefficient (Wildman–Crippen LogP) is 4.25. The molecule has 0 amide bonds. The van der Waals surface area contributed by atoms with E-state index in [0.717, 1.165) is 16.9 Å². The molecular formula is C19H14O.